The van der Waals surface area contributed by atoms with Gasteiger partial charge in [-0.15, -0.1) is 11.3 Å². The number of nitrogens with one attached hydrogen (secondary N) is 1. The molecule has 0 bridgehead atoms. The van der Waals surface area contributed by atoms with Crippen LogP contribution < -0.4 is 24.8 Å². The minimum atomic E-state index is -0.574. The van der Waals surface area contributed by atoms with Crippen molar-refractivity contribution in [1.82, 2.24) is 4.57 Å². The largest absolute Gasteiger partial charge is 0.489 e. The number of hydrogen-bond donors (Lipinski definition) is 1. The second-order valence-corrected chi connectivity index (χ2v) is 11.0. The van der Waals surface area contributed by atoms with Crippen LogP contribution in [0.4, 0.5) is 5.69 Å². The fraction of sp³-hybridized carbons (Fsp3) is 0.114. The van der Waals surface area contributed by atoms with E-state index < -0.39 is 5.91 Å². The molecule has 0 aliphatic rings. The van der Waals surface area contributed by atoms with Crippen molar-refractivity contribution in [3.8, 4) is 17.5 Å². The summed E-state index contributed by atoms with van der Waals surface area (Å²) in [6, 6.07) is 32.6. The van der Waals surface area contributed by atoms with E-state index >= 15 is 0 Å². The molecule has 6 nitrogen and oxygen atoms in total. The van der Waals surface area contributed by atoms with Crippen molar-refractivity contribution in [3.05, 3.63) is 144 Å². The number of nitrogens with zero attached hydrogens (tertiary/aromatic N) is 2. The Hall–Kier alpha value is -5.19. The molecule has 0 aliphatic heterocycles. The van der Waals surface area contributed by atoms with Crippen molar-refractivity contribution in [1.29, 1.82) is 5.26 Å². The molecule has 0 spiro atoms. The second-order valence-electron chi connectivity index (χ2n) is 9.95. The summed E-state index contributed by atoms with van der Waals surface area (Å²) in [4.78, 5) is 27.4. The van der Waals surface area contributed by atoms with E-state index in [2.05, 4.69) is 11.4 Å². The van der Waals surface area contributed by atoms with E-state index in [1.54, 1.807) is 12.1 Å². The number of anilines is 1. The van der Waals surface area contributed by atoms with Gasteiger partial charge in [0.1, 0.15) is 23.1 Å². The average molecular weight is 572 g/mol. The Morgan fingerprint density at radius 1 is 0.929 bits per heavy atom. The van der Waals surface area contributed by atoms with Crippen molar-refractivity contribution in [2.45, 2.75) is 27.4 Å². The lowest BCUT2D eigenvalue weighted by Crippen LogP contribution is -2.32. The van der Waals surface area contributed by atoms with Crippen LogP contribution in [0.15, 0.2) is 102 Å². The molecule has 0 atom stereocenters. The molecule has 0 aliphatic carbocycles. The van der Waals surface area contributed by atoms with Crippen LogP contribution in [-0.4, -0.2) is 10.5 Å². The first kappa shape index (κ1) is 28.3. The van der Waals surface area contributed by atoms with Crippen molar-refractivity contribution >= 4 is 34.6 Å². The van der Waals surface area contributed by atoms with E-state index in [9.17, 15) is 14.9 Å². The van der Waals surface area contributed by atoms with E-state index in [0.717, 1.165) is 39.2 Å². The molecule has 42 heavy (non-hydrogen) atoms. The maximum atomic E-state index is 14.0. The highest BCUT2D eigenvalue weighted by Crippen LogP contribution is 2.18. The fourth-order valence-corrected chi connectivity index (χ4v) is 5.60. The van der Waals surface area contributed by atoms with Gasteiger partial charge in [-0.05, 0) is 78.9 Å². The average Bonchev–Trinajstić information content (AvgIpc) is 3.30. The maximum absolute atomic E-state index is 14.0. The number of thiazole rings is 1. The lowest BCUT2D eigenvalue weighted by molar-refractivity contribution is -0.111. The molecule has 0 saturated heterocycles. The summed E-state index contributed by atoms with van der Waals surface area (Å²) in [5.41, 5.74) is 5.27. The summed E-state index contributed by atoms with van der Waals surface area (Å²) in [7, 11) is 0. The van der Waals surface area contributed by atoms with Crippen LogP contribution in [-0.2, 0) is 11.4 Å². The minimum absolute atomic E-state index is 0.138. The molecule has 7 heteroatoms. The molecule has 0 unspecified atom stereocenters. The van der Waals surface area contributed by atoms with Crippen molar-refractivity contribution in [2.75, 3.05) is 5.32 Å². The zero-order valence-corrected chi connectivity index (χ0v) is 24.4. The van der Waals surface area contributed by atoms with Gasteiger partial charge in [-0.3, -0.25) is 14.2 Å². The molecule has 4 aromatic carbocycles. The molecule has 5 rings (SSSR count). The Bertz CT molecular complexity index is 2000. The number of nitriles is 1. The molecule has 1 amide bonds. The van der Waals surface area contributed by atoms with E-state index in [4.69, 9.17) is 4.74 Å². The third kappa shape index (κ3) is 6.25. The summed E-state index contributed by atoms with van der Waals surface area (Å²) in [6.07, 6.45) is 1.77. The standard InChI is InChI=1S/C35H29N3O3S/c1-23-16-17-25(3)31(18-23)38-34(40)32(20-27-13-9-14-28(19-27)41-22-26-11-5-4-6-12-26)42-35(38)29(21-36)33(39)37-30-15-8-7-10-24(30)2/h4-20H,22H2,1-3H3,(H,37,39)/b32-20+,35-29-. The molecule has 1 aromatic heterocycles. The monoisotopic (exact) mass is 571 g/mol. The molecule has 1 N–H and O–H groups in total. The number of hydrogen-bond acceptors (Lipinski definition) is 5. The van der Waals surface area contributed by atoms with Crippen LogP contribution in [0.3, 0.4) is 0 Å². The van der Waals surface area contributed by atoms with Gasteiger partial charge in [0.15, 0.2) is 5.57 Å². The number of ether oxygens (including phenoxy) is 1. The molecular weight excluding hydrogens is 542 g/mol. The molecule has 5 aromatic rings. The van der Waals surface area contributed by atoms with Crippen LogP contribution in [0.2, 0.25) is 0 Å². The molecule has 0 radical (unpaired) electrons. The minimum Gasteiger partial charge on any atom is -0.489 e. The van der Waals surface area contributed by atoms with Crippen LogP contribution in [0, 0.1) is 32.1 Å². The van der Waals surface area contributed by atoms with Gasteiger partial charge in [-0.25, -0.2) is 0 Å². The van der Waals surface area contributed by atoms with Crippen LogP contribution in [0.1, 0.15) is 27.8 Å². The van der Waals surface area contributed by atoms with Gasteiger partial charge >= 0.3 is 0 Å². The lowest BCUT2D eigenvalue weighted by Gasteiger charge is -2.10. The number of aromatic nitrogens is 1. The predicted octanol–water partition coefficient (Wildman–Crippen LogP) is 5.55. The first-order valence-corrected chi connectivity index (χ1v) is 14.2. The Kier molecular flexibility index (Phi) is 8.47. The van der Waals surface area contributed by atoms with Gasteiger partial charge in [0.25, 0.3) is 11.5 Å². The number of amides is 1. The van der Waals surface area contributed by atoms with Gasteiger partial charge in [0.05, 0.1) is 10.2 Å². The number of carbonyl (C=O) groups is 1. The summed E-state index contributed by atoms with van der Waals surface area (Å²) in [5, 5.41) is 13.0. The Balaban J connectivity index is 1.64. The smallest absolute Gasteiger partial charge is 0.273 e. The number of rotatable bonds is 7. The van der Waals surface area contributed by atoms with Gasteiger partial charge in [-0.1, -0.05) is 72.8 Å². The highest BCUT2D eigenvalue weighted by atomic mass is 32.1. The van der Waals surface area contributed by atoms with E-state index in [-0.39, 0.29) is 15.8 Å². The maximum Gasteiger partial charge on any atom is 0.273 e. The summed E-state index contributed by atoms with van der Waals surface area (Å²) >= 11 is 1.12. The Labute approximate surface area is 248 Å². The summed E-state index contributed by atoms with van der Waals surface area (Å²) in [6.45, 7) is 6.14. The molecule has 0 saturated carbocycles. The van der Waals surface area contributed by atoms with E-state index in [0.29, 0.717) is 28.3 Å². The van der Waals surface area contributed by atoms with E-state index in [1.165, 1.54) is 4.57 Å². The van der Waals surface area contributed by atoms with Gasteiger partial charge in [-0.2, -0.15) is 5.26 Å². The van der Waals surface area contributed by atoms with Gasteiger partial charge in [0.2, 0.25) is 0 Å². The normalized spacial score (nSPS) is 12.0. The van der Waals surface area contributed by atoms with Gasteiger partial charge in [0, 0.05) is 5.69 Å². The quantitative estimate of drug-likeness (QED) is 0.278. The molecular formula is C35H29N3O3S. The van der Waals surface area contributed by atoms with Gasteiger partial charge < -0.3 is 10.1 Å². The zero-order chi connectivity index (χ0) is 29.6. The highest BCUT2D eigenvalue weighted by molar-refractivity contribution is 7.07. The Morgan fingerprint density at radius 3 is 2.45 bits per heavy atom. The molecule has 0 fully saturated rings. The topological polar surface area (TPSA) is 84.1 Å². The Morgan fingerprint density at radius 2 is 1.69 bits per heavy atom. The van der Waals surface area contributed by atoms with Crippen molar-refractivity contribution < 1.29 is 9.53 Å². The van der Waals surface area contributed by atoms with Crippen molar-refractivity contribution in [3.63, 3.8) is 0 Å². The van der Waals surface area contributed by atoms with E-state index in [1.807, 2.05) is 112 Å². The third-order valence-corrected chi connectivity index (χ3v) is 7.87. The number of carbonyl (C=O) groups excluding carboxylic acids is 1. The third-order valence-electron chi connectivity index (χ3n) is 6.78. The lowest BCUT2D eigenvalue weighted by atomic mass is 10.1. The predicted molar refractivity (Wildman–Crippen MR) is 168 cm³/mol. The van der Waals surface area contributed by atoms with Crippen LogP contribution in [0.5, 0.6) is 5.75 Å². The first-order chi connectivity index (χ1) is 20.3. The molecule has 1 heterocycles. The van der Waals surface area contributed by atoms with Crippen LogP contribution >= 0.6 is 11.3 Å². The van der Waals surface area contributed by atoms with Crippen molar-refractivity contribution in [2.24, 2.45) is 0 Å². The fourth-order valence-electron chi connectivity index (χ4n) is 4.51. The number of aryl methyl sites for hydroxylation is 3. The highest BCUT2D eigenvalue weighted by Gasteiger charge is 2.19. The SMILES string of the molecule is Cc1ccc(C)c(-n2c(=O)/c(=C\c3cccc(OCc4ccccc4)c3)s/c2=C(/C#N)C(=O)Nc2ccccc2C)c1. The molecule has 208 valence electrons. The van der Waals surface area contributed by atoms with Crippen LogP contribution in [0.25, 0.3) is 17.3 Å². The number of para-hydroxylation sites is 1. The summed E-state index contributed by atoms with van der Waals surface area (Å²) < 4.78 is 8.12. The first-order valence-electron chi connectivity index (χ1n) is 13.4. The zero-order valence-electron chi connectivity index (χ0n) is 23.5. The summed E-state index contributed by atoms with van der Waals surface area (Å²) in [5.74, 6) is 0.0936. The second kappa shape index (κ2) is 12.5. The number of benzene rings is 4.